The lowest BCUT2D eigenvalue weighted by molar-refractivity contribution is -0.147. The summed E-state index contributed by atoms with van der Waals surface area (Å²) in [5, 5.41) is 11.6. The van der Waals surface area contributed by atoms with Crippen LogP contribution in [0.4, 0.5) is 5.69 Å². The van der Waals surface area contributed by atoms with Gasteiger partial charge in [0.05, 0.1) is 6.07 Å². The fourth-order valence-corrected chi connectivity index (χ4v) is 3.01. The zero-order valence-electron chi connectivity index (χ0n) is 16.6. The molecule has 0 bridgehead atoms. The highest BCUT2D eigenvalue weighted by atomic mass is 16.2. The molecule has 6 nitrogen and oxygen atoms in total. The number of benzene rings is 1. The van der Waals surface area contributed by atoms with Gasteiger partial charge in [-0.15, -0.1) is 0 Å². The number of amides is 2. The largest absolute Gasteiger partial charge is 0.329 e. The number of likely N-dealkylation sites (tertiary alicyclic amines) is 1. The molecule has 2 atom stereocenters. The average molecular weight is 371 g/mol. The summed E-state index contributed by atoms with van der Waals surface area (Å²) in [5.74, 6) is 0.0961. The first kappa shape index (κ1) is 22.4. The van der Waals surface area contributed by atoms with Gasteiger partial charge in [-0.2, -0.15) is 5.26 Å². The zero-order valence-corrected chi connectivity index (χ0v) is 16.6. The van der Waals surface area contributed by atoms with Crippen molar-refractivity contribution in [2.45, 2.75) is 53.0 Å². The number of carbonyl (C=O) groups is 3. The quantitative estimate of drug-likeness (QED) is 0.613. The zero-order chi connectivity index (χ0) is 20.4. The fourth-order valence-electron chi connectivity index (χ4n) is 3.01. The minimum atomic E-state index is -1.00. The van der Waals surface area contributed by atoms with Gasteiger partial charge in [-0.25, -0.2) is 0 Å². The van der Waals surface area contributed by atoms with Gasteiger partial charge in [-0.1, -0.05) is 32.0 Å². The smallest absolute Gasteiger partial charge is 0.236 e. The van der Waals surface area contributed by atoms with E-state index in [2.05, 4.69) is 11.4 Å². The van der Waals surface area contributed by atoms with Gasteiger partial charge in [-0.3, -0.25) is 14.4 Å². The van der Waals surface area contributed by atoms with E-state index < -0.39 is 5.41 Å². The summed E-state index contributed by atoms with van der Waals surface area (Å²) < 4.78 is 0. The van der Waals surface area contributed by atoms with Crippen LogP contribution in [0.5, 0.6) is 0 Å². The number of rotatable bonds is 6. The molecule has 0 aliphatic carbocycles. The molecule has 1 N–H and O–H groups in total. The summed E-state index contributed by atoms with van der Waals surface area (Å²) in [7, 11) is 0. The molecular formula is C21H29N3O3. The van der Waals surface area contributed by atoms with Gasteiger partial charge in [0.1, 0.15) is 17.2 Å². The van der Waals surface area contributed by atoms with Crippen LogP contribution in [0.25, 0.3) is 0 Å². The van der Waals surface area contributed by atoms with Crippen molar-refractivity contribution in [3.05, 3.63) is 30.3 Å². The van der Waals surface area contributed by atoms with E-state index in [0.29, 0.717) is 31.7 Å². The standard InChI is InChI=1S/C14H22N2O2.C7H7NO/c1-5-6-12(17)14(3,4)13(18)16-9-10(2)7-11(16)8-15;9-6-8-7-4-2-1-3-5-7/h10-11H,5-7,9H2,1-4H3;1-6H,(H,8,9). The van der Waals surface area contributed by atoms with Gasteiger partial charge in [-0.05, 0) is 44.7 Å². The molecule has 2 amide bonds. The van der Waals surface area contributed by atoms with E-state index in [9.17, 15) is 14.4 Å². The Hall–Kier alpha value is -2.68. The van der Waals surface area contributed by atoms with Gasteiger partial charge in [0.2, 0.25) is 12.3 Å². The van der Waals surface area contributed by atoms with E-state index in [1.165, 1.54) is 0 Å². The Balaban J connectivity index is 0.000000337. The second-order valence-corrected chi connectivity index (χ2v) is 7.37. The first-order valence-electron chi connectivity index (χ1n) is 9.27. The van der Waals surface area contributed by atoms with Crippen LogP contribution in [0.3, 0.4) is 0 Å². The maximum atomic E-state index is 12.5. The number of hydrogen-bond donors (Lipinski definition) is 1. The van der Waals surface area contributed by atoms with Gasteiger partial charge >= 0.3 is 0 Å². The third-order valence-corrected chi connectivity index (χ3v) is 4.63. The number of nitriles is 1. The molecule has 0 saturated carbocycles. The van der Waals surface area contributed by atoms with Crippen molar-refractivity contribution < 1.29 is 14.4 Å². The number of anilines is 1. The lowest BCUT2D eigenvalue weighted by Crippen LogP contribution is -2.47. The van der Waals surface area contributed by atoms with Crippen molar-refractivity contribution >= 4 is 23.8 Å². The maximum Gasteiger partial charge on any atom is 0.236 e. The molecule has 0 radical (unpaired) electrons. The number of nitrogens with one attached hydrogen (secondary N) is 1. The summed E-state index contributed by atoms with van der Waals surface area (Å²) in [6, 6.07) is 11.1. The molecule has 2 rings (SSSR count). The molecule has 146 valence electrons. The predicted octanol–water partition coefficient (Wildman–Crippen LogP) is 3.40. The molecule has 0 aromatic heterocycles. The van der Waals surface area contributed by atoms with E-state index in [4.69, 9.17) is 5.26 Å². The number of Topliss-reactive ketones (excluding diaryl/α,β-unsaturated/α-hetero) is 1. The number of carbonyl (C=O) groups excluding carboxylic acids is 3. The lowest BCUT2D eigenvalue weighted by atomic mass is 9.84. The highest BCUT2D eigenvalue weighted by Gasteiger charge is 2.43. The summed E-state index contributed by atoms with van der Waals surface area (Å²) in [4.78, 5) is 35.9. The van der Waals surface area contributed by atoms with Crippen LogP contribution in [0.1, 0.15) is 47.0 Å². The Morgan fingerprint density at radius 1 is 1.33 bits per heavy atom. The van der Waals surface area contributed by atoms with Crippen LogP contribution in [-0.4, -0.2) is 35.6 Å². The Kier molecular flexibility index (Phi) is 8.67. The van der Waals surface area contributed by atoms with Gasteiger partial charge in [0, 0.05) is 18.7 Å². The molecule has 1 aliphatic rings. The number of ketones is 1. The summed E-state index contributed by atoms with van der Waals surface area (Å²) in [5.41, 5.74) is -0.178. The second-order valence-electron chi connectivity index (χ2n) is 7.37. The van der Waals surface area contributed by atoms with Crippen molar-refractivity contribution in [2.24, 2.45) is 11.3 Å². The highest BCUT2D eigenvalue weighted by Crippen LogP contribution is 2.30. The van der Waals surface area contributed by atoms with Crippen LogP contribution in [-0.2, 0) is 14.4 Å². The number of para-hydroxylation sites is 1. The third kappa shape index (κ3) is 6.21. The molecule has 2 unspecified atom stereocenters. The van der Waals surface area contributed by atoms with Crippen molar-refractivity contribution in [1.29, 1.82) is 5.26 Å². The Labute approximate surface area is 161 Å². The molecule has 1 saturated heterocycles. The molecule has 27 heavy (non-hydrogen) atoms. The summed E-state index contributed by atoms with van der Waals surface area (Å²) in [6.07, 6.45) is 2.53. The Morgan fingerprint density at radius 2 is 1.96 bits per heavy atom. The summed E-state index contributed by atoms with van der Waals surface area (Å²) >= 11 is 0. The third-order valence-electron chi connectivity index (χ3n) is 4.63. The average Bonchev–Trinajstić information content (AvgIpc) is 3.03. The van der Waals surface area contributed by atoms with Crippen LogP contribution in [0.15, 0.2) is 30.3 Å². The van der Waals surface area contributed by atoms with E-state index in [1.807, 2.05) is 44.2 Å². The molecule has 6 heteroatoms. The minimum Gasteiger partial charge on any atom is -0.329 e. The molecule has 1 aromatic carbocycles. The highest BCUT2D eigenvalue weighted by molar-refractivity contribution is 6.05. The lowest BCUT2D eigenvalue weighted by Gasteiger charge is -2.29. The second kappa shape index (κ2) is 10.5. The number of hydrogen-bond acceptors (Lipinski definition) is 4. The minimum absolute atomic E-state index is 0.0359. The SMILES string of the molecule is CCCC(=O)C(C)(C)C(=O)N1CC(C)CC1C#N.O=CNc1ccccc1. The van der Waals surface area contributed by atoms with Crippen LogP contribution in [0.2, 0.25) is 0 Å². The topological polar surface area (TPSA) is 90.3 Å². The van der Waals surface area contributed by atoms with Crippen LogP contribution >= 0.6 is 0 Å². The van der Waals surface area contributed by atoms with Crippen molar-refractivity contribution in [1.82, 2.24) is 4.90 Å². The molecule has 1 aromatic rings. The van der Waals surface area contributed by atoms with Crippen molar-refractivity contribution in [3.63, 3.8) is 0 Å². The van der Waals surface area contributed by atoms with Gasteiger partial charge in [0.25, 0.3) is 0 Å². The molecular weight excluding hydrogens is 342 g/mol. The molecule has 1 aliphatic heterocycles. The normalized spacial score (nSPS) is 18.7. The Morgan fingerprint density at radius 3 is 2.48 bits per heavy atom. The summed E-state index contributed by atoms with van der Waals surface area (Å²) in [6.45, 7) is 7.88. The first-order valence-corrected chi connectivity index (χ1v) is 9.27. The van der Waals surface area contributed by atoms with Gasteiger partial charge < -0.3 is 10.2 Å². The first-order chi connectivity index (χ1) is 12.8. The van der Waals surface area contributed by atoms with Crippen LogP contribution in [0, 0.1) is 22.7 Å². The van der Waals surface area contributed by atoms with E-state index >= 15 is 0 Å². The maximum absolute atomic E-state index is 12.5. The predicted molar refractivity (Wildman–Crippen MR) is 105 cm³/mol. The van der Waals surface area contributed by atoms with E-state index in [-0.39, 0.29) is 17.7 Å². The van der Waals surface area contributed by atoms with Crippen molar-refractivity contribution in [3.8, 4) is 6.07 Å². The van der Waals surface area contributed by atoms with E-state index in [1.54, 1.807) is 18.7 Å². The fraction of sp³-hybridized carbons (Fsp3) is 0.524. The van der Waals surface area contributed by atoms with Crippen LogP contribution < -0.4 is 5.32 Å². The van der Waals surface area contributed by atoms with Crippen molar-refractivity contribution in [2.75, 3.05) is 11.9 Å². The molecule has 1 heterocycles. The Bertz CT molecular complexity index is 680. The molecule has 1 fully saturated rings. The monoisotopic (exact) mass is 371 g/mol. The molecule has 0 spiro atoms. The number of nitrogens with zero attached hydrogens (tertiary/aromatic N) is 2. The van der Waals surface area contributed by atoms with E-state index in [0.717, 1.165) is 12.1 Å². The van der Waals surface area contributed by atoms with Gasteiger partial charge in [0.15, 0.2) is 0 Å².